The van der Waals surface area contributed by atoms with Crippen LogP contribution in [0.15, 0.2) is 22.4 Å². The first kappa shape index (κ1) is 9.31. The Kier molecular flexibility index (Phi) is 2.49. The summed E-state index contributed by atoms with van der Waals surface area (Å²) in [6, 6.07) is 8.19. The van der Waals surface area contributed by atoms with Crippen LogP contribution >= 0.6 is 46.6 Å². The number of hydrogen-bond acceptors (Lipinski definition) is 3. The second-order valence-corrected chi connectivity index (χ2v) is 5.54. The van der Waals surface area contributed by atoms with Crippen LogP contribution in [0.3, 0.4) is 0 Å². The van der Waals surface area contributed by atoms with E-state index >= 15 is 0 Å². The van der Waals surface area contributed by atoms with E-state index in [9.17, 15) is 0 Å². The van der Waals surface area contributed by atoms with Crippen LogP contribution in [0.2, 0.25) is 0 Å². The van der Waals surface area contributed by atoms with Gasteiger partial charge in [-0.2, -0.15) is 5.26 Å². The summed E-state index contributed by atoms with van der Waals surface area (Å²) < 4.78 is 3.00. The van der Waals surface area contributed by atoms with Crippen molar-refractivity contribution in [3.05, 3.63) is 27.3 Å². The zero-order valence-electron chi connectivity index (χ0n) is 6.41. The van der Waals surface area contributed by atoms with Crippen molar-refractivity contribution in [2.45, 2.75) is 4.21 Å². The number of halogens is 1. The molecule has 0 N–H and O–H groups in total. The molecule has 0 amide bonds. The average molecular weight is 317 g/mol. The van der Waals surface area contributed by atoms with Gasteiger partial charge in [-0.3, -0.25) is 0 Å². The van der Waals surface area contributed by atoms with Gasteiger partial charge < -0.3 is 0 Å². The summed E-state index contributed by atoms with van der Waals surface area (Å²) in [5.74, 6) is 0. The molecule has 1 nitrogen and oxygen atoms in total. The van der Waals surface area contributed by atoms with E-state index in [4.69, 9.17) is 5.26 Å². The topological polar surface area (TPSA) is 23.8 Å². The molecule has 0 radical (unpaired) electrons. The van der Waals surface area contributed by atoms with Gasteiger partial charge in [-0.25, -0.2) is 0 Å². The molecule has 13 heavy (non-hydrogen) atoms. The molecule has 0 aliphatic heterocycles. The van der Waals surface area contributed by atoms with Crippen LogP contribution in [0.4, 0.5) is 0 Å². The lowest BCUT2D eigenvalue weighted by molar-refractivity contribution is 1.50. The van der Waals surface area contributed by atoms with Crippen molar-refractivity contribution in [1.82, 2.24) is 0 Å². The molecule has 0 fully saturated rings. The zero-order chi connectivity index (χ0) is 9.42. The van der Waals surface area contributed by atoms with Crippen LogP contribution in [0, 0.1) is 14.9 Å². The highest BCUT2D eigenvalue weighted by atomic mass is 127. The summed E-state index contributed by atoms with van der Waals surface area (Å²) >= 11 is 8.00. The number of nitrogens with zero attached hydrogens (tertiary/aromatic N) is 1. The molecule has 2 aromatic rings. The minimum absolute atomic E-state index is 0.767. The van der Waals surface area contributed by atoms with Gasteiger partial charge in [0.15, 0.2) is 0 Å². The Balaban J connectivity index is 2.93. The molecule has 0 aliphatic carbocycles. The van der Waals surface area contributed by atoms with E-state index in [2.05, 4.69) is 41.3 Å². The zero-order valence-corrected chi connectivity index (χ0v) is 10.3. The molecule has 1 aromatic heterocycles. The molecule has 0 saturated carbocycles. The highest BCUT2D eigenvalue weighted by molar-refractivity contribution is 14.1. The molecule has 4 heteroatoms. The van der Waals surface area contributed by atoms with Crippen LogP contribution in [-0.2, 0) is 0 Å². The van der Waals surface area contributed by atoms with Gasteiger partial charge in [-0.1, -0.05) is 6.07 Å². The second kappa shape index (κ2) is 3.48. The standard InChI is InChI=1S/C9H4INS2/c10-7-2-1-5-3-8(12)13-9(5)6(7)4-11/h1-3,12H. The largest absolute Gasteiger partial charge is 0.192 e. The van der Waals surface area contributed by atoms with Crippen molar-refractivity contribution in [2.75, 3.05) is 0 Å². The van der Waals surface area contributed by atoms with Gasteiger partial charge in [-0.05, 0) is 40.1 Å². The van der Waals surface area contributed by atoms with E-state index in [1.807, 2.05) is 18.2 Å². The van der Waals surface area contributed by atoms with Crippen molar-refractivity contribution in [3.8, 4) is 6.07 Å². The Morgan fingerprint density at radius 2 is 2.23 bits per heavy atom. The summed E-state index contributed by atoms with van der Waals surface area (Å²) in [6.07, 6.45) is 0. The summed E-state index contributed by atoms with van der Waals surface area (Å²) in [7, 11) is 0. The lowest BCUT2D eigenvalue weighted by Gasteiger charge is -1.95. The first-order valence-corrected chi connectivity index (χ1v) is 5.87. The summed E-state index contributed by atoms with van der Waals surface area (Å²) in [4.78, 5) is 0. The summed E-state index contributed by atoms with van der Waals surface area (Å²) in [5, 5.41) is 10.1. The molecule has 64 valence electrons. The Morgan fingerprint density at radius 1 is 1.46 bits per heavy atom. The lowest BCUT2D eigenvalue weighted by Crippen LogP contribution is -1.79. The molecule has 1 heterocycles. The summed E-state index contributed by atoms with van der Waals surface area (Å²) in [6.45, 7) is 0. The maximum atomic E-state index is 8.95. The SMILES string of the molecule is N#Cc1c(I)ccc2cc(S)sc12. The lowest BCUT2D eigenvalue weighted by atomic mass is 10.2. The van der Waals surface area contributed by atoms with Crippen LogP contribution < -0.4 is 0 Å². The van der Waals surface area contributed by atoms with Crippen molar-refractivity contribution in [1.29, 1.82) is 5.26 Å². The van der Waals surface area contributed by atoms with Crippen LogP contribution in [-0.4, -0.2) is 0 Å². The molecular weight excluding hydrogens is 313 g/mol. The maximum Gasteiger partial charge on any atom is 0.102 e. The molecule has 0 atom stereocenters. The van der Waals surface area contributed by atoms with Gasteiger partial charge in [0.2, 0.25) is 0 Å². The third-order valence-corrected chi connectivity index (χ3v) is 4.01. The van der Waals surface area contributed by atoms with Crippen molar-refractivity contribution >= 4 is 56.6 Å². The highest BCUT2D eigenvalue weighted by Crippen LogP contribution is 2.32. The number of thiol groups is 1. The predicted molar refractivity (Wildman–Crippen MR) is 66.5 cm³/mol. The van der Waals surface area contributed by atoms with Crippen LogP contribution in [0.25, 0.3) is 10.1 Å². The molecule has 1 aromatic carbocycles. The highest BCUT2D eigenvalue weighted by Gasteiger charge is 2.07. The van der Waals surface area contributed by atoms with E-state index in [-0.39, 0.29) is 0 Å². The van der Waals surface area contributed by atoms with Gasteiger partial charge in [0.05, 0.1) is 14.5 Å². The van der Waals surface area contributed by atoms with E-state index in [0.29, 0.717) is 0 Å². The fraction of sp³-hybridized carbons (Fsp3) is 0. The Hall–Kier alpha value is -0.250. The number of hydrogen-bond donors (Lipinski definition) is 1. The van der Waals surface area contributed by atoms with E-state index in [0.717, 1.165) is 23.4 Å². The van der Waals surface area contributed by atoms with Gasteiger partial charge in [0.25, 0.3) is 0 Å². The first-order chi connectivity index (χ1) is 6.22. The fourth-order valence-electron chi connectivity index (χ4n) is 1.17. The molecule has 0 unspecified atom stereocenters. The smallest absolute Gasteiger partial charge is 0.102 e. The Labute approximate surface area is 98.9 Å². The normalized spacial score (nSPS) is 10.2. The van der Waals surface area contributed by atoms with Crippen molar-refractivity contribution < 1.29 is 0 Å². The number of nitriles is 1. The molecular formula is C9H4INS2. The van der Waals surface area contributed by atoms with Gasteiger partial charge in [0, 0.05) is 3.57 Å². The first-order valence-electron chi connectivity index (χ1n) is 3.53. The molecule has 2 rings (SSSR count). The molecule has 0 bridgehead atoms. The van der Waals surface area contributed by atoms with Gasteiger partial charge in [-0.15, -0.1) is 24.0 Å². The minimum atomic E-state index is 0.767. The molecule has 0 spiro atoms. The molecule has 0 saturated heterocycles. The Morgan fingerprint density at radius 3 is 2.92 bits per heavy atom. The minimum Gasteiger partial charge on any atom is -0.192 e. The van der Waals surface area contributed by atoms with Gasteiger partial charge >= 0.3 is 0 Å². The number of rotatable bonds is 0. The van der Waals surface area contributed by atoms with Crippen LogP contribution in [0.5, 0.6) is 0 Å². The monoisotopic (exact) mass is 317 g/mol. The molecule has 0 aliphatic rings. The Bertz CT molecular complexity index is 510. The predicted octanol–water partition coefficient (Wildman–Crippen LogP) is 3.67. The third-order valence-electron chi connectivity index (χ3n) is 1.73. The van der Waals surface area contributed by atoms with Crippen LogP contribution in [0.1, 0.15) is 5.56 Å². The van der Waals surface area contributed by atoms with Crippen molar-refractivity contribution in [3.63, 3.8) is 0 Å². The quantitative estimate of drug-likeness (QED) is 0.582. The number of thiophene rings is 1. The number of benzene rings is 1. The number of fused-ring (bicyclic) bond motifs is 1. The average Bonchev–Trinajstić information content (AvgIpc) is 2.45. The summed E-state index contributed by atoms with van der Waals surface area (Å²) in [5.41, 5.74) is 0.767. The second-order valence-electron chi connectivity index (χ2n) is 2.54. The van der Waals surface area contributed by atoms with E-state index < -0.39 is 0 Å². The fourth-order valence-corrected chi connectivity index (χ4v) is 3.23. The van der Waals surface area contributed by atoms with Gasteiger partial charge in [0.1, 0.15) is 6.07 Å². The van der Waals surface area contributed by atoms with E-state index in [1.54, 1.807) is 11.3 Å². The maximum absolute atomic E-state index is 8.95. The van der Waals surface area contributed by atoms with Crippen molar-refractivity contribution in [2.24, 2.45) is 0 Å². The third kappa shape index (κ3) is 1.56. The van der Waals surface area contributed by atoms with E-state index in [1.165, 1.54) is 0 Å².